The number of benzene rings is 1. The van der Waals surface area contributed by atoms with Gasteiger partial charge in [-0.2, -0.15) is 0 Å². The average Bonchev–Trinajstić information content (AvgIpc) is 2.55. The molecule has 1 aliphatic rings. The first-order chi connectivity index (χ1) is 7.45. The van der Waals surface area contributed by atoms with Crippen molar-refractivity contribution in [3.63, 3.8) is 0 Å². The Morgan fingerprint density at radius 2 is 1.60 bits per heavy atom. The summed E-state index contributed by atoms with van der Waals surface area (Å²) < 4.78 is 0. The van der Waals surface area contributed by atoms with Crippen molar-refractivity contribution in [2.24, 2.45) is 0 Å². The van der Waals surface area contributed by atoms with Crippen molar-refractivity contribution in [3.05, 3.63) is 59.1 Å². The van der Waals surface area contributed by atoms with E-state index in [9.17, 15) is 0 Å². The molecule has 0 radical (unpaired) electrons. The Balaban J connectivity index is 2.56. The van der Waals surface area contributed by atoms with Crippen molar-refractivity contribution in [1.29, 1.82) is 0 Å². The summed E-state index contributed by atoms with van der Waals surface area (Å²) in [6, 6.07) is 8.38. The lowest BCUT2D eigenvalue weighted by Crippen LogP contribution is -2.22. The predicted octanol–water partition coefficient (Wildman–Crippen LogP) is 1.85. The molecule has 0 spiro atoms. The van der Waals surface area contributed by atoms with E-state index in [1.165, 1.54) is 21.5 Å². The highest BCUT2D eigenvalue weighted by Gasteiger charge is 1.97. The van der Waals surface area contributed by atoms with E-state index >= 15 is 0 Å². The highest BCUT2D eigenvalue weighted by Crippen LogP contribution is 2.03. The van der Waals surface area contributed by atoms with Gasteiger partial charge in [0.2, 0.25) is 0 Å². The van der Waals surface area contributed by atoms with Crippen LogP contribution in [0, 0.1) is 0 Å². The summed E-state index contributed by atoms with van der Waals surface area (Å²) in [4.78, 5) is 3.41. The molecule has 1 aliphatic carbocycles. The molecule has 3 rings (SSSR count). The molecule has 1 heterocycles. The molecule has 2 aromatic rings. The Bertz CT molecular complexity index is 669. The number of hydrogen-bond donors (Lipinski definition) is 1. The molecule has 1 heteroatoms. The Hall–Kier alpha value is -2.02. The summed E-state index contributed by atoms with van der Waals surface area (Å²) in [5.74, 6) is 0. The number of nitrogens with one attached hydrogen (secondary N) is 1. The lowest BCUT2D eigenvalue weighted by Gasteiger charge is -1.86. The summed E-state index contributed by atoms with van der Waals surface area (Å²) >= 11 is 0. The lowest BCUT2D eigenvalue weighted by atomic mass is 10.2. The van der Waals surface area contributed by atoms with Gasteiger partial charge in [-0.25, -0.2) is 0 Å². The summed E-state index contributed by atoms with van der Waals surface area (Å²) in [6.07, 6.45) is 12.5. The number of aromatic nitrogens is 1. The maximum Gasteiger partial charge on any atom is 0.0464 e. The Morgan fingerprint density at radius 1 is 0.800 bits per heavy atom. The molecular weight excluding hydrogens is 182 g/mol. The van der Waals surface area contributed by atoms with Crippen molar-refractivity contribution in [2.45, 2.75) is 0 Å². The zero-order chi connectivity index (χ0) is 10.1. The Kier molecular flexibility index (Phi) is 1.82. The standard InChI is InChI=1S/C14H11N/c1-2-4-9-13-11(7-3-1)12-8-5-6-10-14(12)15-13/h1-10,15H. The van der Waals surface area contributed by atoms with E-state index in [2.05, 4.69) is 53.6 Å². The molecular formula is C14H11N. The summed E-state index contributed by atoms with van der Waals surface area (Å²) in [5, 5.41) is 3.73. The van der Waals surface area contributed by atoms with Crippen molar-refractivity contribution in [1.82, 2.24) is 4.98 Å². The van der Waals surface area contributed by atoms with Crippen LogP contribution < -0.4 is 10.6 Å². The second kappa shape index (κ2) is 3.28. The third kappa shape index (κ3) is 1.33. The molecule has 1 N–H and O–H groups in total. The largest absolute Gasteiger partial charge is 0.355 e. The number of allylic oxidation sites excluding steroid dienone is 4. The van der Waals surface area contributed by atoms with Gasteiger partial charge < -0.3 is 4.98 Å². The second-order valence-electron chi connectivity index (χ2n) is 3.60. The zero-order valence-corrected chi connectivity index (χ0v) is 8.27. The summed E-state index contributed by atoms with van der Waals surface area (Å²) in [5.41, 5.74) is 1.19. The predicted molar refractivity (Wildman–Crippen MR) is 64.8 cm³/mol. The fourth-order valence-corrected chi connectivity index (χ4v) is 1.93. The van der Waals surface area contributed by atoms with Crippen LogP contribution in [0.1, 0.15) is 0 Å². The van der Waals surface area contributed by atoms with E-state index in [4.69, 9.17) is 0 Å². The summed E-state index contributed by atoms with van der Waals surface area (Å²) in [6.45, 7) is 0. The van der Waals surface area contributed by atoms with Crippen LogP contribution in [0.25, 0.3) is 23.1 Å². The molecule has 0 atom stereocenters. The van der Waals surface area contributed by atoms with Gasteiger partial charge in [-0.15, -0.1) is 0 Å². The number of hydrogen-bond acceptors (Lipinski definition) is 0. The van der Waals surface area contributed by atoms with Crippen molar-refractivity contribution in [2.75, 3.05) is 0 Å². The quantitative estimate of drug-likeness (QED) is 0.657. The van der Waals surface area contributed by atoms with Gasteiger partial charge in [0.15, 0.2) is 0 Å². The van der Waals surface area contributed by atoms with Crippen LogP contribution in [0.2, 0.25) is 0 Å². The van der Waals surface area contributed by atoms with Crippen LogP contribution in [0.4, 0.5) is 0 Å². The van der Waals surface area contributed by atoms with Gasteiger partial charge in [-0.05, 0) is 12.1 Å². The molecule has 0 amide bonds. The Labute approximate surface area is 87.7 Å². The monoisotopic (exact) mass is 193 g/mol. The maximum absolute atomic E-state index is 3.41. The molecule has 0 bridgehead atoms. The fraction of sp³-hybridized carbons (Fsp3) is 0. The second-order valence-corrected chi connectivity index (χ2v) is 3.60. The number of H-pyrrole nitrogens is 1. The van der Waals surface area contributed by atoms with Crippen LogP contribution >= 0.6 is 0 Å². The minimum atomic E-state index is 1.18. The number of fused-ring (bicyclic) bond motifs is 3. The molecule has 15 heavy (non-hydrogen) atoms. The molecule has 1 aromatic heterocycles. The van der Waals surface area contributed by atoms with Crippen molar-refractivity contribution >= 4 is 23.1 Å². The van der Waals surface area contributed by atoms with Gasteiger partial charge in [-0.3, -0.25) is 0 Å². The van der Waals surface area contributed by atoms with Gasteiger partial charge in [-0.1, -0.05) is 48.6 Å². The molecule has 1 aromatic carbocycles. The SMILES string of the molecule is C1=CC=c2[nH]c3ccccc3c2=CC=C1. The first-order valence-corrected chi connectivity index (χ1v) is 5.07. The Morgan fingerprint density at radius 3 is 2.53 bits per heavy atom. The maximum atomic E-state index is 3.41. The number of para-hydroxylation sites is 1. The highest BCUT2D eigenvalue weighted by atomic mass is 14.7. The molecule has 1 nitrogen and oxygen atoms in total. The number of rotatable bonds is 0. The molecule has 0 unspecified atom stereocenters. The van der Waals surface area contributed by atoms with Crippen LogP contribution in [0.5, 0.6) is 0 Å². The first kappa shape index (κ1) is 8.30. The van der Waals surface area contributed by atoms with Crippen LogP contribution in [0.3, 0.4) is 0 Å². The molecule has 0 fully saturated rings. The van der Waals surface area contributed by atoms with E-state index in [1.807, 2.05) is 12.2 Å². The molecule has 0 saturated carbocycles. The lowest BCUT2D eigenvalue weighted by molar-refractivity contribution is 1.36. The van der Waals surface area contributed by atoms with Crippen LogP contribution in [0.15, 0.2) is 48.6 Å². The van der Waals surface area contributed by atoms with Gasteiger partial charge in [0.25, 0.3) is 0 Å². The summed E-state index contributed by atoms with van der Waals surface area (Å²) in [7, 11) is 0. The van der Waals surface area contributed by atoms with E-state index in [-0.39, 0.29) is 0 Å². The topological polar surface area (TPSA) is 15.8 Å². The average molecular weight is 193 g/mol. The smallest absolute Gasteiger partial charge is 0.0464 e. The first-order valence-electron chi connectivity index (χ1n) is 5.07. The van der Waals surface area contributed by atoms with Gasteiger partial charge in [0, 0.05) is 21.5 Å². The van der Waals surface area contributed by atoms with Crippen LogP contribution in [-0.2, 0) is 0 Å². The van der Waals surface area contributed by atoms with Gasteiger partial charge in [0.05, 0.1) is 0 Å². The fourth-order valence-electron chi connectivity index (χ4n) is 1.93. The minimum absolute atomic E-state index is 1.18. The normalized spacial score (nSPS) is 13.9. The highest BCUT2D eigenvalue weighted by molar-refractivity contribution is 5.82. The van der Waals surface area contributed by atoms with Crippen molar-refractivity contribution < 1.29 is 0 Å². The van der Waals surface area contributed by atoms with Crippen LogP contribution in [-0.4, -0.2) is 4.98 Å². The van der Waals surface area contributed by atoms with E-state index < -0.39 is 0 Å². The van der Waals surface area contributed by atoms with E-state index in [0.29, 0.717) is 0 Å². The molecule has 72 valence electrons. The minimum Gasteiger partial charge on any atom is -0.355 e. The number of aromatic amines is 1. The third-order valence-corrected chi connectivity index (χ3v) is 2.64. The van der Waals surface area contributed by atoms with E-state index in [1.54, 1.807) is 0 Å². The zero-order valence-electron chi connectivity index (χ0n) is 8.27. The molecule has 0 aliphatic heterocycles. The van der Waals surface area contributed by atoms with Gasteiger partial charge in [0.1, 0.15) is 0 Å². The third-order valence-electron chi connectivity index (χ3n) is 2.64. The van der Waals surface area contributed by atoms with E-state index in [0.717, 1.165) is 0 Å². The van der Waals surface area contributed by atoms with Crippen molar-refractivity contribution in [3.8, 4) is 0 Å². The molecule has 0 saturated heterocycles. The van der Waals surface area contributed by atoms with Gasteiger partial charge >= 0.3 is 0 Å².